The van der Waals surface area contributed by atoms with Crippen molar-refractivity contribution in [1.82, 2.24) is 10.3 Å². The molecule has 0 aliphatic rings. The summed E-state index contributed by atoms with van der Waals surface area (Å²) in [6.07, 6.45) is -4.31. The van der Waals surface area contributed by atoms with E-state index in [9.17, 15) is 18.3 Å². The van der Waals surface area contributed by atoms with E-state index < -0.39 is 17.2 Å². The van der Waals surface area contributed by atoms with Crippen LogP contribution in [0.1, 0.15) is 21.6 Å². The fraction of sp³-hybridized carbons (Fsp3) is 0.308. The van der Waals surface area contributed by atoms with E-state index in [1.54, 1.807) is 24.3 Å². The molecule has 0 radical (unpaired) electrons. The van der Waals surface area contributed by atoms with Crippen LogP contribution in [-0.2, 0) is 12.7 Å². The molecule has 2 aromatic rings. The Labute approximate surface area is 128 Å². The van der Waals surface area contributed by atoms with Crippen molar-refractivity contribution in [3.05, 3.63) is 50.9 Å². The Morgan fingerprint density at radius 3 is 2.52 bits per heavy atom. The maximum Gasteiger partial charge on any atom is 0.427 e. The molecule has 1 aromatic heterocycles. The van der Waals surface area contributed by atoms with Crippen LogP contribution in [0.25, 0.3) is 0 Å². The Balaban J connectivity index is 1.84. The first-order valence-corrected chi connectivity index (χ1v) is 7.22. The number of thiazole rings is 1. The monoisotopic (exact) mass is 336 g/mol. The van der Waals surface area contributed by atoms with Gasteiger partial charge in [0.2, 0.25) is 0 Å². The van der Waals surface area contributed by atoms with Crippen molar-refractivity contribution in [2.75, 3.05) is 6.54 Å². The van der Waals surface area contributed by atoms with Gasteiger partial charge in [-0.25, -0.2) is 4.98 Å². The maximum absolute atomic E-state index is 12.4. The number of aromatic nitrogens is 1. The zero-order chi connectivity index (χ0) is 15.5. The fourth-order valence-electron chi connectivity index (χ4n) is 1.64. The van der Waals surface area contributed by atoms with Gasteiger partial charge in [-0.1, -0.05) is 23.7 Å². The summed E-state index contributed by atoms with van der Waals surface area (Å²) in [5, 5.41) is 13.7. The lowest BCUT2D eigenvalue weighted by atomic mass is 10.1. The molecule has 0 saturated carbocycles. The van der Waals surface area contributed by atoms with E-state index in [1.807, 2.05) is 0 Å². The molecule has 0 bridgehead atoms. The molecule has 2 N–H and O–H groups in total. The maximum atomic E-state index is 12.4. The van der Waals surface area contributed by atoms with E-state index in [2.05, 4.69) is 10.3 Å². The number of hydrogen-bond acceptors (Lipinski definition) is 4. The van der Waals surface area contributed by atoms with Gasteiger partial charge in [-0.15, -0.1) is 11.3 Å². The van der Waals surface area contributed by atoms with Crippen molar-refractivity contribution >= 4 is 22.9 Å². The van der Waals surface area contributed by atoms with Crippen LogP contribution in [0.2, 0.25) is 5.02 Å². The molecule has 114 valence electrons. The summed E-state index contributed by atoms with van der Waals surface area (Å²) in [5.41, 5.74) is 0.682. The zero-order valence-electron chi connectivity index (χ0n) is 10.7. The Morgan fingerprint density at radius 1 is 1.29 bits per heavy atom. The van der Waals surface area contributed by atoms with Gasteiger partial charge in [0.25, 0.3) is 0 Å². The molecule has 0 unspecified atom stereocenters. The number of hydrogen-bond donors (Lipinski definition) is 2. The Bertz CT molecular complexity index is 586. The van der Waals surface area contributed by atoms with E-state index in [0.717, 1.165) is 6.20 Å². The van der Waals surface area contributed by atoms with Gasteiger partial charge in [-0.05, 0) is 17.7 Å². The number of halogens is 4. The normalized spacial score (nSPS) is 13.4. The zero-order valence-corrected chi connectivity index (χ0v) is 12.3. The molecule has 0 fully saturated rings. The van der Waals surface area contributed by atoms with E-state index in [4.69, 9.17) is 11.6 Å². The lowest BCUT2D eigenvalue weighted by molar-refractivity contribution is -0.134. The molecular weight excluding hydrogens is 325 g/mol. The second-order valence-electron chi connectivity index (χ2n) is 4.31. The van der Waals surface area contributed by atoms with E-state index >= 15 is 0 Å². The third-order valence-corrected chi connectivity index (χ3v) is 4.00. The van der Waals surface area contributed by atoms with Crippen LogP contribution in [0.4, 0.5) is 13.2 Å². The van der Waals surface area contributed by atoms with Crippen molar-refractivity contribution in [2.24, 2.45) is 0 Å². The summed E-state index contributed by atoms with van der Waals surface area (Å²) in [4.78, 5) is 2.98. The SMILES string of the molecule is O[C@H](CNCc1ncc(C(F)(F)F)s1)c1ccc(Cl)cc1. The predicted molar refractivity (Wildman–Crippen MR) is 75.2 cm³/mol. The Hall–Kier alpha value is -1.15. The number of nitrogens with one attached hydrogen (secondary N) is 1. The minimum absolute atomic E-state index is 0.172. The van der Waals surface area contributed by atoms with Crippen LogP contribution in [0, 0.1) is 0 Å². The molecule has 2 rings (SSSR count). The lowest BCUT2D eigenvalue weighted by Gasteiger charge is -2.11. The average Bonchev–Trinajstić information content (AvgIpc) is 2.88. The van der Waals surface area contributed by atoms with Gasteiger partial charge in [0, 0.05) is 18.1 Å². The molecule has 0 amide bonds. The van der Waals surface area contributed by atoms with Crippen LogP contribution in [-0.4, -0.2) is 16.6 Å². The van der Waals surface area contributed by atoms with Gasteiger partial charge in [-0.2, -0.15) is 13.2 Å². The summed E-state index contributed by atoms with van der Waals surface area (Å²) in [6.45, 7) is 0.383. The summed E-state index contributed by atoms with van der Waals surface area (Å²) in [7, 11) is 0. The molecule has 21 heavy (non-hydrogen) atoms. The molecular formula is C13H12ClF3N2OS. The van der Waals surface area contributed by atoms with Crippen LogP contribution >= 0.6 is 22.9 Å². The first-order valence-electron chi connectivity index (χ1n) is 6.02. The standard InChI is InChI=1S/C13H12ClF3N2OS/c14-9-3-1-8(2-4-9)10(20)5-18-7-12-19-6-11(21-12)13(15,16)17/h1-4,6,10,18,20H,5,7H2/t10-/m1/s1. The van der Waals surface area contributed by atoms with Crippen molar-refractivity contribution in [3.8, 4) is 0 Å². The number of alkyl halides is 3. The minimum Gasteiger partial charge on any atom is -0.387 e. The molecule has 1 heterocycles. The Kier molecular flexibility index (Phi) is 5.21. The first-order chi connectivity index (χ1) is 9.86. The lowest BCUT2D eigenvalue weighted by Crippen LogP contribution is -2.20. The van der Waals surface area contributed by atoms with E-state index in [1.165, 1.54) is 0 Å². The molecule has 3 nitrogen and oxygen atoms in total. The van der Waals surface area contributed by atoms with Crippen LogP contribution in [0.5, 0.6) is 0 Å². The van der Waals surface area contributed by atoms with Crippen LogP contribution in [0.15, 0.2) is 30.5 Å². The summed E-state index contributed by atoms with van der Waals surface area (Å²) < 4.78 is 37.2. The summed E-state index contributed by atoms with van der Waals surface area (Å²) in [6, 6.07) is 6.72. The molecule has 1 aromatic carbocycles. The second kappa shape index (κ2) is 6.74. The first kappa shape index (κ1) is 16.2. The highest BCUT2D eigenvalue weighted by Gasteiger charge is 2.33. The number of aliphatic hydroxyl groups excluding tert-OH is 1. The molecule has 0 aliphatic carbocycles. The second-order valence-corrected chi connectivity index (χ2v) is 5.87. The predicted octanol–water partition coefficient (Wildman–Crippen LogP) is 3.64. The smallest absolute Gasteiger partial charge is 0.387 e. The summed E-state index contributed by atoms with van der Waals surface area (Å²) >= 11 is 6.34. The summed E-state index contributed by atoms with van der Waals surface area (Å²) in [5.74, 6) is 0. The van der Waals surface area contributed by atoms with Crippen molar-refractivity contribution < 1.29 is 18.3 Å². The molecule has 1 atom stereocenters. The number of nitrogens with zero attached hydrogens (tertiary/aromatic N) is 1. The highest BCUT2D eigenvalue weighted by Crippen LogP contribution is 2.33. The van der Waals surface area contributed by atoms with E-state index in [0.29, 0.717) is 26.9 Å². The number of aliphatic hydroxyl groups is 1. The topological polar surface area (TPSA) is 45.1 Å². The molecule has 0 spiro atoms. The highest BCUT2D eigenvalue weighted by atomic mass is 35.5. The van der Waals surface area contributed by atoms with Crippen molar-refractivity contribution in [1.29, 1.82) is 0 Å². The van der Waals surface area contributed by atoms with Gasteiger partial charge in [0.05, 0.1) is 12.3 Å². The number of rotatable bonds is 5. The Morgan fingerprint density at radius 2 is 1.95 bits per heavy atom. The van der Waals surface area contributed by atoms with Crippen molar-refractivity contribution in [3.63, 3.8) is 0 Å². The van der Waals surface area contributed by atoms with Gasteiger partial charge >= 0.3 is 6.18 Å². The largest absolute Gasteiger partial charge is 0.427 e. The quantitative estimate of drug-likeness (QED) is 0.876. The van der Waals surface area contributed by atoms with E-state index in [-0.39, 0.29) is 13.1 Å². The van der Waals surface area contributed by atoms with Gasteiger partial charge in [0.1, 0.15) is 9.88 Å². The van der Waals surface area contributed by atoms with Crippen molar-refractivity contribution in [2.45, 2.75) is 18.8 Å². The molecule has 0 aliphatic heterocycles. The molecule has 0 saturated heterocycles. The van der Waals surface area contributed by atoms with Gasteiger partial charge < -0.3 is 10.4 Å². The average molecular weight is 337 g/mol. The van der Waals surface area contributed by atoms with Crippen LogP contribution in [0.3, 0.4) is 0 Å². The van der Waals surface area contributed by atoms with Crippen LogP contribution < -0.4 is 5.32 Å². The van der Waals surface area contributed by atoms with Gasteiger partial charge in [0.15, 0.2) is 0 Å². The fourth-order valence-corrected chi connectivity index (χ4v) is 2.52. The van der Waals surface area contributed by atoms with Gasteiger partial charge in [-0.3, -0.25) is 0 Å². The number of benzene rings is 1. The third kappa shape index (κ3) is 4.67. The minimum atomic E-state index is -4.36. The highest BCUT2D eigenvalue weighted by molar-refractivity contribution is 7.11. The third-order valence-electron chi connectivity index (χ3n) is 2.70. The molecule has 8 heteroatoms.